The molecule has 0 aliphatic carbocycles. The molecule has 0 amide bonds. The molecular weight excluding hydrogens is 224 g/mol. The van der Waals surface area contributed by atoms with Crippen LogP contribution in [0.2, 0.25) is 0 Å². The number of carbonyl (C=O) groups is 1. The third-order valence-corrected chi connectivity index (χ3v) is 2.16. The number of nitro groups is 1. The van der Waals surface area contributed by atoms with Crippen LogP contribution in [0.3, 0.4) is 0 Å². The molecule has 0 atom stereocenters. The van der Waals surface area contributed by atoms with Gasteiger partial charge in [0, 0.05) is 24.4 Å². The quantitative estimate of drug-likeness (QED) is 0.481. The number of benzene rings is 1. The number of non-ortho nitro benzene ring substituents is 1. The van der Waals surface area contributed by atoms with Crippen molar-refractivity contribution in [3.05, 3.63) is 33.9 Å². The molecule has 0 aliphatic heterocycles. The molecule has 0 aromatic heterocycles. The van der Waals surface area contributed by atoms with Crippen LogP contribution in [0.5, 0.6) is 0 Å². The minimum Gasteiger partial charge on any atom is -0.469 e. The van der Waals surface area contributed by atoms with E-state index in [0.717, 1.165) is 5.56 Å². The maximum absolute atomic E-state index is 10.9. The van der Waals surface area contributed by atoms with Gasteiger partial charge >= 0.3 is 5.97 Å². The van der Waals surface area contributed by atoms with Crippen molar-refractivity contribution in [3.8, 4) is 0 Å². The second kappa shape index (κ2) is 5.83. The zero-order valence-electron chi connectivity index (χ0n) is 9.73. The van der Waals surface area contributed by atoms with E-state index < -0.39 is 4.92 Å². The van der Waals surface area contributed by atoms with Crippen molar-refractivity contribution in [2.45, 2.75) is 13.3 Å². The Labute approximate surface area is 98.7 Å². The van der Waals surface area contributed by atoms with Gasteiger partial charge in [0.1, 0.15) is 0 Å². The number of hydrogen-bond acceptors (Lipinski definition) is 5. The summed E-state index contributed by atoms with van der Waals surface area (Å²) in [5.74, 6) is -0.320. The minimum atomic E-state index is -0.446. The lowest BCUT2D eigenvalue weighted by atomic mass is 10.2. The molecule has 0 fully saturated rings. The lowest BCUT2D eigenvalue weighted by Crippen LogP contribution is -2.09. The number of hydrogen-bond donors (Lipinski definition) is 1. The number of methoxy groups -OCH3 is 1. The molecule has 0 unspecified atom stereocenters. The van der Waals surface area contributed by atoms with Crippen LogP contribution in [-0.2, 0) is 9.53 Å². The largest absolute Gasteiger partial charge is 0.469 e. The summed E-state index contributed by atoms with van der Waals surface area (Å²) in [7, 11) is 1.32. The summed E-state index contributed by atoms with van der Waals surface area (Å²) in [6.07, 6.45) is 0.220. The van der Waals surface area contributed by atoms with E-state index >= 15 is 0 Å². The first-order valence-electron chi connectivity index (χ1n) is 5.09. The lowest BCUT2D eigenvalue weighted by molar-refractivity contribution is -0.384. The van der Waals surface area contributed by atoms with Gasteiger partial charge in [-0.05, 0) is 18.6 Å². The van der Waals surface area contributed by atoms with Crippen molar-refractivity contribution >= 4 is 17.3 Å². The predicted octanol–water partition coefficient (Wildman–Crippen LogP) is 1.88. The molecule has 0 bridgehead atoms. The van der Waals surface area contributed by atoms with Gasteiger partial charge < -0.3 is 10.1 Å². The van der Waals surface area contributed by atoms with Gasteiger partial charge in [0.25, 0.3) is 5.69 Å². The Morgan fingerprint density at radius 1 is 1.47 bits per heavy atom. The van der Waals surface area contributed by atoms with Crippen LogP contribution in [0.15, 0.2) is 18.2 Å². The lowest BCUT2D eigenvalue weighted by Gasteiger charge is -2.06. The number of anilines is 1. The van der Waals surface area contributed by atoms with Crippen molar-refractivity contribution in [3.63, 3.8) is 0 Å². The third-order valence-electron chi connectivity index (χ3n) is 2.16. The van der Waals surface area contributed by atoms with Crippen molar-refractivity contribution in [2.24, 2.45) is 0 Å². The average Bonchev–Trinajstić information content (AvgIpc) is 2.28. The van der Waals surface area contributed by atoms with Crippen LogP contribution >= 0.6 is 0 Å². The Balaban J connectivity index is 2.65. The molecule has 0 heterocycles. The van der Waals surface area contributed by atoms with Gasteiger partial charge in [0.15, 0.2) is 0 Å². The maximum Gasteiger partial charge on any atom is 0.307 e. The molecular formula is C11H14N2O4. The summed E-state index contributed by atoms with van der Waals surface area (Å²) in [6.45, 7) is 2.16. The molecule has 0 radical (unpaired) electrons. The molecule has 6 heteroatoms. The molecule has 1 aromatic carbocycles. The highest BCUT2D eigenvalue weighted by atomic mass is 16.6. The molecule has 0 aliphatic rings. The van der Waals surface area contributed by atoms with Crippen LogP contribution in [0.25, 0.3) is 0 Å². The zero-order valence-corrected chi connectivity index (χ0v) is 9.73. The van der Waals surface area contributed by atoms with Crippen molar-refractivity contribution in [2.75, 3.05) is 19.0 Å². The first kappa shape index (κ1) is 13.0. The number of ether oxygens (including phenoxy) is 1. The van der Waals surface area contributed by atoms with Gasteiger partial charge in [-0.25, -0.2) is 0 Å². The highest BCUT2D eigenvalue weighted by Gasteiger charge is 2.08. The van der Waals surface area contributed by atoms with Crippen LogP contribution in [0.4, 0.5) is 11.4 Å². The summed E-state index contributed by atoms with van der Waals surface area (Å²) in [4.78, 5) is 21.1. The van der Waals surface area contributed by atoms with E-state index in [1.165, 1.54) is 19.2 Å². The van der Waals surface area contributed by atoms with Crippen molar-refractivity contribution in [1.29, 1.82) is 0 Å². The third kappa shape index (κ3) is 4.10. The monoisotopic (exact) mass is 238 g/mol. The van der Waals surface area contributed by atoms with Crippen molar-refractivity contribution in [1.82, 2.24) is 0 Å². The summed E-state index contributed by atoms with van der Waals surface area (Å²) >= 11 is 0. The molecule has 1 rings (SSSR count). The Hall–Kier alpha value is -2.11. The van der Waals surface area contributed by atoms with Crippen LogP contribution < -0.4 is 5.32 Å². The molecule has 0 spiro atoms. The SMILES string of the molecule is COC(=O)CCNc1cc(C)cc([N+](=O)[O-])c1. The molecule has 0 saturated heterocycles. The molecule has 92 valence electrons. The Morgan fingerprint density at radius 3 is 2.76 bits per heavy atom. The second-order valence-corrected chi connectivity index (χ2v) is 3.57. The fraction of sp³-hybridized carbons (Fsp3) is 0.364. The van der Waals surface area contributed by atoms with Crippen molar-refractivity contribution < 1.29 is 14.5 Å². The van der Waals surface area contributed by atoms with E-state index in [2.05, 4.69) is 10.1 Å². The predicted molar refractivity (Wildman–Crippen MR) is 63.0 cm³/mol. The minimum absolute atomic E-state index is 0.0329. The molecule has 1 aromatic rings. The van der Waals surface area contributed by atoms with E-state index in [1.807, 2.05) is 0 Å². The molecule has 6 nitrogen and oxygen atoms in total. The summed E-state index contributed by atoms with van der Waals surface area (Å²) in [5, 5.41) is 13.6. The fourth-order valence-electron chi connectivity index (χ4n) is 1.38. The first-order valence-corrected chi connectivity index (χ1v) is 5.09. The summed E-state index contributed by atoms with van der Waals surface area (Å²) in [5.41, 5.74) is 1.45. The van der Waals surface area contributed by atoms with Crippen LogP contribution in [-0.4, -0.2) is 24.5 Å². The van der Waals surface area contributed by atoms with E-state index in [-0.39, 0.29) is 18.1 Å². The number of esters is 1. The highest BCUT2D eigenvalue weighted by Crippen LogP contribution is 2.20. The molecule has 1 N–H and O–H groups in total. The number of carbonyl (C=O) groups excluding carboxylic acids is 1. The smallest absolute Gasteiger partial charge is 0.307 e. The van der Waals surface area contributed by atoms with Gasteiger partial charge in [-0.15, -0.1) is 0 Å². The number of rotatable bonds is 5. The number of aryl methyl sites for hydroxylation is 1. The Kier molecular flexibility index (Phi) is 4.45. The normalized spacial score (nSPS) is 9.76. The van der Waals surface area contributed by atoms with E-state index in [0.29, 0.717) is 12.2 Å². The Morgan fingerprint density at radius 2 is 2.18 bits per heavy atom. The Bertz CT molecular complexity index is 431. The van der Waals surface area contributed by atoms with Gasteiger partial charge in [-0.2, -0.15) is 0 Å². The maximum atomic E-state index is 10.9. The van der Waals surface area contributed by atoms with E-state index in [1.54, 1.807) is 13.0 Å². The van der Waals surface area contributed by atoms with Crippen LogP contribution in [0.1, 0.15) is 12.0 Å². The summed E-state index contributed by atoms with van der Waals surface area (Å²) < 4.78 is 4.49. The second-order valence-electron chi connectivity index (χ2n) is 3.57. The van der Waals surface area contributed by atoms with Gasteiger partial charge in [-0.3, -0.25) is 14.9 Å². The molecule has 0 saturated carbocycles. The molecule has 17 heavy (non-hydrogen) atoms. The topological polar surface area (TPSA) is 81.5 Å². The standard InChI is InChI=1S/C11H14N2O4/c1-8-5-9(7-10(6-8)13(15)16)12-4-3-11(14)17-2/h5-7,12H,3-4H2,1-2H3. The number of nitrogens with zero attached hydrogens (tertiary/aromatic N) is 1. The van der Waals surface area contributed by atoms with Crippen LogP contribution in [0, 0.1) is 17.0 Å². The van der Waals surface area contributed by atoms with E-state index in [4.69, 9.17) is 0 Å². The average molecular weight is 238 g/mol. The van der Waals surface area contributed by atoms with E-state index in [9.17, 15) is 14.9 Å². The number of nitrogens with one attached hydrogen (secondary N) is 1. The first-order chi connectivity index (χ1) is 8.02. The highest BCUT2D eigenvalue weighted by molar-refractivity contribution is 5.70. The zero-order chi connectivity index (χ0) is 12.8. The van der Waals surface area contributed by atoms with Gasteiger partial charge in [0.2, 0.25) is 0 Å². The summed E-state index contributed by atoms with van der Waals surface area (Å²) in [6, 6.07) is 4.71. The van der Waals surface area contributed by atoms with Gasteiger partial charge in [-0.1, -0.05) is 0 Å². The fourth-order valence-corrected chi connectivity index (χ4v) is 1.38. The van der Waals surface area contributed by atoms with Gasteiger partial charge in [0.05, 0.1) is 18.5 Å². The number of nitro benzene ring substituents is 1.